The van der Waals surface area contributed by atoms with Crippen molar-refractivity contribution >= 4 is 22.1 Å². The van der Waals surface area contributed by atoms with E-state index in [1.165, 1.54) is 76.6 Å². The fourth-order valence-electron chi connectivity index (χ4n) is 8.61. The first-order chi connectivity index (χ1) is 24.3. The fourth-order valence-corrected chi connectivity index (χ4v) is 8.61. The van der Waals surface area contributed by atoms with Crippen LogP contribution in [0.4, 0.5) is 0 Å². The molecule has 2 aliphatic carbocycles. The number of benzene rings is 6. The number of rotatable bonds is 4. The highest BCUT2D eigenvalue weighted by atomic mass is 16.3. The molecule has 0 saturated heterocycles. The van der Waals surface area contributed by atoms with E-state index in [1.54, 1.807) is 0 Å². The summed E-state index contributed by atoms with van der Waals surface area (Å²) in [6.07, 6.45) is 6.46. The molecule has 0 atom stereocenters. The van der Waals surface area contributed by atoms with Crippen molar-refractivity contribution in [3.05, 3.63) is 157 Å². The van der Waals surface area contributed by atoms with Gasteiger partial charge in [0.05, 0.1) is 0 Å². The van der Waals surface area contributed by atoms with Crippen LogP contribution in [0.1, 0.15) is 43.2 Å². The molecule has 10 rings (SSSR count). The lowest BCUT2D eigenvalue weighted by Gasteiger charge is -2.36. The van der Waals surface area contributed by atoms with Crippen LogP contribution in [-0.2, 0) is 5.41 Å². The van der Waals surface area contributed by atoms with Crippen molar-refractivity contribution in [2.45, 2.75) is 37.5 Å². The maximum Gasteiger partial charge on any atom is 0.180 e. The van der Waals surface area contributed by atoms with E-state index in [2.05, 4.69) is 109 Å². The Morgan fingerprint density at radius 3 is 1.90 bits per heavy atom. The van der Waals surface area contributed by atoms with Crippen molar-refractivity contribution in [2.75, 3.05) is 0 Å². The standard InChI is InChI=1S/C46H34N2O/c1-3-12-33(13-4-1)42-44-43(37-15-6-8-19-40(37)49-44)48-45(47-42)34-26-22-31(23-27-34)30-20-24-32(25-21-30)35-16-11-18-39-41(35)36-14-5-7-17-38(36)46(39)28-9-2-10-29-46/h1,3-8,11-27H,2,9-10,28-29H2. The smallest absolute Gasteiger partial charge is 0.180 e. The van der Waals surface area contributed by atoms with Crippen molar-refractivity contribution in [2.24, 2.45) is 0 Å². The molecule has 2 aliphatic rings. The Morgan fingerprint density at radius 2 is 1.10 bits per heavy atom. The summed E-state index contributed by atoms with van der Waals surface area (Å²) in [5, 5.41) is 0.997. The van der Waals surface area contributed by atoms with Gasteiger partial charge in [-0.1, -0.05) is 153 Å². The number of nitrogens with zero attached hydrogens (tertiary/aromatic N) is 2. The number of furan rings is 1. The van der Waals surface area contributed by atoms with Gasteiger partial charge >= 0.3 is 0 Å². The number of hydrogen-bond acceptors (Lipinski definition) is 3. The topological polar surface area (TPSA) is 38.9 Å². The summed E-state index contributed by atoms with van der Waals surface area (Å²) in [4.78, 5) is 10.1. The van der Waals surface area contributed by atoms with Gasteiger partial charge in [-0.15, -0.1) is 0 Å². The molecule has 0 bridgehead atoms. The maximum atomic E-state index is 6.29. The highest BCUT2D eigenvalue weighted by Gasteiger charge is 2.44. The SMILES string of the molecule is c1ccc(-c2nc(-c3ccc(-c4ccc(-c5cccc6c5-c5ccccc5C65CCCCC5)cc4)cc3)nc3c2oc2ccccc23)cc1. The van der Waals surface area contributed by atoms with Gasteiger partial charge in [0.15, 0.2) is 11.4 Å². The molecule has 0 amide bonds. The van der Waals surface area contributed by atoms with Crippen LogP contribution in [0.2, 0.25) is 0 Å². The molecule has 1 fully saturated rings. The molecule has 8 aromatic rings. The highest BCUT2D eigenvalue weighted by molar-refractivity contribution is 6.07. The zero-order valence-electron chi connectivity index (χ0n) is 27.2. The zero-order valence-corrected chi connectivity index (χ0v) is 27.2. The van der Waals surface area contributed by atoms with Crippen molar-refractivity contribution in [3.63, 3.8) is 0 Å². The number of para-hydroxylation sites is 1. The van der Waals surface area contributed by atoms with Gasteiger partial charge in [0.25, 0.3) is 0 Å². The Bertz CT molecular complexity index is 2500. The molecule has 3 heteroatoms. The Kier molecular flexibility index (Phi) is 6.42. The lowest BCUT2D eigenvalue weighted by atomic mass is 9.68. The van der Waals surface area contributed by atoms with Crippen molar-refractivity contribution in [1.29, 1.82) is 0 Å². The van der Waals surface area contributed by atoms with Gasteiger partial charge in [-0.25, -0.2) is 9.97 Å². The van der Waals surface area contributed by atoms with E-state index >= 15 is 0 Å². The second-order valence-electron chi connectivity index (χ2n) is 13.6. The monoisotopic (exact) mass is 630 g/mol. The summed E-state index contributed by atoms with van der Waals surface area (Å²) in [6.45, 7) is 0. The molecule has 49 heavy (non-hydrogen) atoms. The van der Waals surface area contributed by atoms with Crippen LogP contribution in [0.25, 0.3) is 78.1 Å². The lowest BCUT2D eigenvalue weighted by Crippen LogP contribution is -2.27. The molecule has 6 aromatic carbocycles. The number of hydrogen-bond donors (Lipinski definition) is 0. The molecule has 2 heterocycles. The van der Waals surface area contributed by atoms with Crippen LogP contribution in [-0.4, -0.2) is 9.97 Å². The third-order valence-corrected chi connectivity index (χ3v) is 10.9. The molecule has 234 valence electrons. The molecule has 3 nitrogen and oxygen atoms in total. The minimum Gasteiger partial charge on any atom is -0.452 e. The molecular formula is C46H34N2O. The fraction of sp³-hybridized carbons (Fsp3) is 0.130. The van der Waals surface area contributed by atoms with Gasteiger partial charge in [-0.2, -0.15) is 0 Å². The molecule has 0 N–H and O–H groups in total. The van der Waals surface area contributed by atoms with Crippen LogP contribution < -0.4 is 0 Å². The van der Waals surface area contributed by atoms with E-state index < -0.39 is 0 Å². The van der Waals surface area contributed by atoms with Gasteiger partial charge in [-0.05, 0) is 69.5 Å². The molecular weight excluding hydrogens is 597 g/mol. The van der Waals surface area contributed by atoms with Gasteiger partial charge in [0, 0.05) is 21.9 Å². The average Bonchev–Trinajstić information content (AvgIpc) is 3.69. The van der Waals surface area contributed by atoms with Crippen LogP contribution in [0.3, 0.4) is 0 Å². The average molecular weight is 631 g/mol. The number of fused-ring (bicyclic) bond motifs is 8. The van der Waals surface area contributed by atoms with E-state index in [0.717, 1.165) is 33.3 Å². The Balaban J connectivity index is 1.01. The quantitative estimate of drug-likeness (QED) is 0.194. The minimum atomic E-state index is 0.169. The largest absolute Gasteiger partial charge is 0.452 e. The predicted molar refractivity (Wildman–Crippen MR) is 200 cm³/mol. The number of aromatic nitrogens is 2. The normalized spacial score (nSPS) is 14.7. The highest BCUT2D eigenvalue weighted by Crippen LogP contribution is 2.57. The summed E-state index contributed by atoms with van der Waals surface area (Å²) in [5.74, 6) is 0.689. The van der Waals surface area contributed by atoms with Gasteiger partial charge in [-0.3, -0.25) is 0 Å². The zero-order chi connectivity index (χ0) is 32.4. The van der Waals surface area contributed by atoms with Crippen LogP contribution in [0, 0.1) is 0 Å². The summed E-state index contributed by atoms with van der Waals surface area (Å²) < 4.78 is 6.29. The molecule has 1 saturated carbocycles. The summed E-state index contributed by atoms with van der Waals surface area (Å²) >= 11 is 0. The maximum absolute atomic E-state index is 6.29. The van der Waals surface area contributed by atoms with Gasteiger partial charge < -0.3 is 4.42 Å². The van der Waals surface area contributed by atoms with Crippen molar-refractivity contribution in [3.8, 4) is 56.0 Å². The molecule has 0 radical (unpaired) electrons. The Morgan fingerprint density at radius 1 is 0.469 bits per heavy atom. The summed E-state index contributed by atoms with van der Waals surface area (Å²) in [5.41, 5.74) is 16.2. The van der Waals surface area contributed by atoms with Crippen LogP contribution in [0.5, 0.6) is 0 Å². The molecule has 2 aromatic heterocycles. The van der Waals surface area contributed by atoms with E-state index in [4.69, 9.17) is 14.4 Å². The van der Waals surface area contributed by atoms with Crippen LogP contribution >= 0.6 is 0 Å². The second kappa shape index (κ2) is 11.1. The Labute approximate surface area is 285 Å². The van der Waals surface area contributed by atoms with E-state index in [0.29, 0.717) is 11.4 Å². The minimum absolute atomic E-state index is 0.169. The third kappa shape index (κ3) is 4.42. The third-order valence-electron chi connectivity index (χ3n) is 10.9. The van der Waals surface area contributed by atoms with Crippen molar-refractivity contribution in [1.82, 2.24) is 9.97 Å². The van der Waals surface area contributed by atoms with Crippen molar-refractivity contribution < 1.29 is 4.42 Å². The Hall–Kier alpha value is -5.80. The van der Waals surface area contributed by atoms with E-state index in [1.807, 2.05) is 36.4 Å². The molecule has 0 unspecified atom stereocenters. The molecule has 0 aliphatic heterocycles. The first-order valence-corrected chi connectivity index (χ1v) is 17.5. The first-order valence-electron chi connectivity index (χ1n) is 17.5. The first kappa shape index (κ1) is 28.2. The van der Waals surface area contributed by atoms with Gasteiger partial charge in [0.2, 0.25) is 0 Å². The summed E-state index contributed by atoms with van der Waals surface area (Å²) in [6, 6.07) is 52.2. The second-order valence-corrected chi connectivity index (χ2v) is 13.6. The lowest BCUT2D eigenvalue weighted by molar-refractivity contribution is 0.353. The summed E-state index contributed by atoms with van der Waals surface area (Å²) in [7, 11) is 0. The van der Waals surface area contributed by atoms with E-state index in [9.17, 15) is 0 Å². The van der Waals surface area contributed by atoms with E-state index in [-0.39, 0.29) is 5.41 Å². The van der Waals surface area contributed by atoms with Gasteiger partial charge in [0.1, 0.15) is 16.8 Å². The predicted octanol–water partition coefficient (Wildman–Crippen LogP) is 12.3. The molecule has 1 spiro atoms. The van der Waals surface area contributed by atoms with Crippen LogP contribution in [0.15, 0.2) is 150 Å².